The van der Waals surface area contributed by atoms with Crippen molar-refractivity contribution in [2.45, 2.75) is 24.9 Å². The number of benzene rings is 1. The summed E-state index contributed by atoms with van der Waals surface area (Å²) in [6, 6.07) is 2.38. The Hall–Kier alpha value is -2.40. The second-order valence-corrected chi connectivity index (χ2v) is 4.36. The molecule has 0 atom stereocenters. The van der Waals surface area contributed by atoms with Gasteiger partial charge in [0.05, 0.1) is 4.92 Å². The minimum Gasteiger partial charge on any atom is -0.320 e. The first-order valence-electron chi connectivity index (χ1n) is 5.60. The van der Waals surface area contributed by atoms with Crippen LogP contribution in [0.15, 0.2) is 18.2 Å². The van der Waals surface area contributed by atoms with E-state index in [1.54, 1.807) is 0 Å². The molecule has 0 fully saturated rings. The lowest BCUT2D eigenvalue weighted by atomic mass is 10.1. The zero-order valence-electron chi connectivity index (χ0n) is 11.0. The first-order valence-corrected chi connectivity index (χ1v) is 5.60. The quantitative estimate of drug-likeness (QED) is 0.513. The van der Waals surface area contributed by atoms with Gasteiger partial charge in [-0.2, -0.15) is 30.7 Å². The van der Waals surface area contributed by atoms with Gasteiger partial charge in [-0.05, 0) is 13.0 Å². The molecule has 0 unspecified atom stereocenters. The molecule has 128 valence electrons. The van der Waals surface area contributed by atoms with Crippen molar-refractivity contribution < 1.29 is 40.5 Å². The van der Waals surface area contributed by atoms with Gasteiger partial charge in [0, 0.05) is 17.3 Å². The highest BCUT2D eigenvalue weighted by Gasteiger charge is 2.76. The Labute approximate surface area is 123 Å². The first kappa shape index (κ1) is 18.6. The van der Waals surface area contributed by atoms with Gasteiger partial charge in [0.25, 0.3) is 5.69 Å². The molecule has 1 aromatic carbocycles. The molecule has 0 aromatic heterocycles. The molecule has 0 heterocycles. The number of rotatable bonds is 4. The van der Waals surface area contributed by atoms with E-state index in [1.165, 1.54) is 6.92 Å². The molecule has 1 rings (SSSR count). The van der Waals surface area contributed by atoms with Crippen LogP contribution in [0.2, 0.25) is 0 Å². The normalized spacial score (nSPS) is 12.9. The van der Waals surface area contributed by atoms with Crippen LogP contribution in [-0.2, 0) is 4.79 Å². The van der Waals surface area contributed by atoms with Crippen molar-refractivity contribution in [3.8, 4) is 0 Å². The number of halogens is 7. The highest BCUT2D eigenvalue weighted by atomic mass is 19.4. The van der Waals surface area contributed by atoms with Crippen molar-refractivity contribution in [3.05, 3.63) is 33.9 Å². The average Bonchev–Trinajstić information content (AvgIpc) is 2.38. The highest BCUT2D eigenvalue weighted by molar-refractivity contribution is 5.97. The van der Waals surface area contributed by atoms with E-state index in [0.29, 0.717) is 6.07 Å². The summed E-state index contributed by atoms with van der Waals surface area (Å²) >= 11 is 0. The Morgan fingerprint density at radius 1 is 1.13 bits per heavy atom. The second kappa shape index (κ2) is 5.66. The maximum atomic E-state index is 13.1. The number of alkyl halides is 7. The molecule has 1 aromatic rings. The first-order chi connectivity index (χ1) is 10.2. The zero-order chi connectivity index (χ0) is 18.2. The van der Waals surface area contributed by atoms with E-state index in [9.17, 15) is 45.6 Å². The van der Waals surface area contributed by atoms with Crippen LogP contribution >= 0.6 is 0 Å². The van der Waals surface area contributed by atoms with Gasteiger partial charge in [-0.3, -0.25) is 14.9 Å². The Morgan fingerprint density at radius 2 is 1.65 bits per heavy atom. The van der Waals surface area contributed by atoms with Crippen LogP contribution in [0.4, 0.5) is 42.1 Å². The molecule has 0 aliphatic carbocycles. The SMILES string of the molecule is Cc1ccc(NC(=O)C(F)(F)C(F)(F)C(F)(F)F)cc1[N+](=O)[O-]. The number of nitro groups is 1. The minimum absolute atomic E-state index is 0.0559. The summed E-state index contributed by atoms with van der Waals surface area (Å²) in [7, 11) is 0. The van der Waals surface area contributed by atoms with Gasteiger partial charge in [-0.25, -0.2) is 0 Å². The monoisotopic (exact) mass is 348 g/mol. The topological polar surface area (TPSA) is 72.2 Å². The lowest BCUT2D eigenvalue weighted by molar-refractivity contribution is -0.385. The largest absolute Gasteiger partial charge is 0.460 e. The predicted octanol–water partition coefficient (Wildman–Crippen LogP) is 3.67. The molecule has 0 radical (unpaired) electrons. The van der Waals surface area contributed by atoms with Crippen molar-refractivity contribution in [3.63, 3.8) is 0 Å². The van der Waals surface area contributed by atoms with E-state index in [0.717, 1.165) is 17.4 Å². The third kappa shape index (κ3) is 3.35. The summed E-state index contributed by atoms with van der Waals surface area (Å²) in [5.41, 5.74) is -1.32. The Kier molecular flexibility index (Phi) is 4.59. The van der Waals surface area contributed by atoms with Crippen molar-refractivity contribution in [1.29, 1.82) is 0 Å². The summed E-state index contributed by atoms with van der Waals surface area (Å²) < 4.78 is 87.4. The van der Waals surface area contributed by atoms with Gasteiger partial charge in [0.2, 0.25) is 0 Å². The number of carbonyl (C=O) groups excluding carboxylic acids is 1. The lowest BCUT2D eigenvalue weighted by Crippen LogP contribution is -2.57. The van der Waals surface area contributed by atoms with Crippen LogP contribution in [0.25, 0.3) is 0 Å². The fourth-order valence-electron chi connectivity index (χ4n) is 1.41. The number of aryl methyl sites for hydroxylation is 1. The number of amides is 1. The Morgan fingerprint density at radius 3 is 2.09 bits per heavy atom. The third-order valence-corrected chi connectivity index (χ3v) is 2.70. The molecule has 12 heteroatoms. The van der Waals surface area contributed by atoms with Crippen molar-refractivity contribution in [2.24, 2.45) is 0 Å². The lowest BCUT2D eigenvalue weighted by Gasteiger charge is -2.27. The molecule has 0 saturated heterocycles. The van der Waals surface area contributed by atoms with E-state index in [-0.39, 0.29) is 5.56 Å². The van der Waals surface area contributed by atoms with Crippen LogP contribution in [-0.4, -0.2) is 28.9 Å². The third-order valence-electron chi connectivity index (χ3n) is 2.70. The Bertz CT molecular complexity index is 643. The molecule has 0 bridgehead atoms. The predicted molar refractivity (Wildman–Crippen MR) is 62.4 cm³/mol. The molecule has 1 N–H and O–H groups in total. The van der Waals surface area contributed by atoms with Gasteiger partial charge in [0.15, 0.2) is 0 Å². The van der Waals surface area contributed by atoms with Crippen LogP contribution in [0.1, 0.15) is 5.56 Å². The fourth-order valence-corrected chi connectivity index (χ4v) is 1.41. The summed E-state index contributed by atoms with van der Waals surface area (Å²) in [5.74, 6) is -15.7. The summed E-state index contributed by atoms with van der Waals surface area (Å²) in [5, 5.41) is 11.7. The zero-order valence-corrected chi connectivity index (χ0v) is 11.0. The summed E-state index contributed by atoms with van der Waals surface area (Å²) in [6.07, 6.45) is -6.66. The minimum atomic E-state index is -6.66. The Balaban J connectivity index is 3.13. The van der Waals surface area contributed by atoms with Crippen molar-refractivity contribution in [1.82, 2.24) is 0 Å². The molecule has 1 amide bonds. The second-order valence-electron chi connectivity index (χ2n) is 4.36. The van der Waals surface area contributed by atoms with Crippen molar-refractivity contribution in [2.75, 3.05) is 5.32 Å². The number of nitrogens with one attached hydrogen (secondary N) is 1. The molecule has 23 heavy (non-hydrogen) atoms. The molecular formula is C11H7F7N2O3. The van der Waals surface area contributed by atoms with E-state index < -0.39 is 40.2 Å². The molecule has 0 aliphatic heterocycles. The number of nitrogens with zero attached hydrogens (tertiary/aromatic N) is 1. The van der Waals surface area contributed by atoms with E-state index in [4.69, 9.17) is 0 Å². The van der Waals surface area contributed by atoms with Gasteiger partial charge >= 0.3 is 23.9 Å². The average molecular weight is 348 g/mol. The maximum absolute atomic E-state index is 13.1. The number of anilines is 1. The highest BCUT2D eigenvalue weighted by Crippen LogP contribution is 2.46. The summed E-state index contributed by atoms with van der Waals surface area (Å²) in [4.78, 5) is 20.8. The summed E-state index contributed by atoms with van der Waals surface area (Å²) in [6.45, 7) is 1.26. The van der Waals surface area contributed by atoms with Crippen LogP contribution < -0.4 is 5.32 Å². The molecule has 5 nitrogen and oxygen atoms in total. The van der Waals surface area contributed by atoms with Gasteiger partial charge in [-0.1, -0.05) is 6.07 Å². The maximum Gasteiger partial charge on any atom is 0.460 e. The molecule has 0 spiro atoms. The smallest absolute Gasteiger partial charge is 0.320 e. The van der Waals surface area contributed by atoms with Gasteiger partial charge in [0.1, 0.15) is 0 Å². The van der Waals surface area contributed by atoms with Crippen LogP contribution in [0.3, 0.4) is 0 Å². The fraction of sp³-hybridized carbons (Fsp3) is 0.364. The van der Waals surface area contributed by atoms with E-state index >= 15 is 0 Å². The van der Waals surface area contributed by atoms with Gasteiger partial charge < -0.3 is 5.32 Å². The number of carbonyl (C=O) groups is 1. The van der Waals surface area contributed by atoms with E-state index in [2.05, 4.69) is 0 Å². The molecule has 0 aliphatic rings. The number of hydrogen-bond acceptors (Lipinski definition) is 3. The number of hydrogen-bond donors (Lipinski definition) is 1. The number of nitro benzene ring substituents is 1. The van der Waals surface area contributed by atoms with Crippen LogP contribution in [0, 0.1) is 17.0 Å². The molecule has 0 saturated carbocycles. The van der Waals surface area contributed by atoms with Crippen LogP contribution in [0.5, 0.6) is 0 Å². The molecular weight excluding hydrogens is 341 g/mol. The standard InChI is InChI=1S/C11H7F7N2O3/c1-5-2-3-6(4-7(5)20(22)23)19-8(21)9(12,13)10(14,15)11(16,17)18/h2-4H,1H3,(H,19,21). The van der Waals surface area contributed by atoms with E-state index in [1.807, 2.05) is 0 Å². The van der Waals surface area contributed by atoms with Crippen molar-refractivity contribution >= 4 is 17.3 Å². The van der Waals surface area contributed by atoms with Gasteiger partial charge in [-0.15, -0.1) is 0 Å².